The van der Waals surface area contributed by atoms with E-state index in [0.29, 0.717) is 6.73 Å². The van der Waals surface area contributed by atoms with Crippen LogP contribution in [0.2, 0.25) is 0 Å². The Hall–Kier alpha value is -1.06. The molecule has 66 valence electrons. The molecule has 0 aliphatic rings. The molecular formula is C9H14N2O. The van der Waals surface area contributed by atoms with E-state index in [1.165, 1.54) is 0 Å². The van der Waals surface area contributed by atoms with Crippen molar-refractivity contribution in [1.82, 2.24) is 10.9 Å². The Bertz CT molecular complexity index is 201. The van der Waals surface area contributed by atoms with Gasteiger partial charge in [0.15, 0.2) is 6.73 Å². The summed E-state index contributed by atoms with van der Waals surface area (Å²) >= 11 is 0. The third-order valence-electron chi connectivity index (χ3n) is 1.36. The molecule has 2 N–H and O–H groups in total. The number of para-hydroxylation sites is 1. The number of benzene rings is 1. The third kappa shape index (κ3) is 3.37. The summed E-state index contributed by atoms with van der Waals surface area (Å²) in [6.07, 6.45) is 0. The zero-order valence-electron chi connectivity index (χ0n) is 7.21. The van der Waals surface area contributed by atoms with Crippen LogP contribution in [0.4, 0.5) is 0 Å². The average Bonchev–Trinajstić information content (AvgIpc) is 2.14. The normalized spacial score (nSPS) is 9.75. The van der Waals surface area contributed by atoms with Gasteiger partial charge in [-0.05, 0) is 12.1 Å². The molecule has 0 saturated carbocycles. The van der Waals surface area contributed by atoms with Gasteiger partial charge in [-0.2, -0.15) is 0 Å². The first kappa shape index (κ1) is 9.03. The molecule has 3 heteroatoms. The van der Waals surface area contributed by atoms with Crippen LogP contribution in [0.5, 0.6) is 5.75 Å². The van der Waals surface area contributed by atoms with Gasteiger partial charge in [-0.25, -0.2) is 5.43 Å². The van der Waals surface area contributed by atoms with Gasteiger partial charge in [0, 0.05) is 6.54 Å². The fourth-order valence-electron chi connectivity index (χ4n) is 0.812. The summed E-state index contributed by atoms with van der Waals surface area (Å²) in [5.41, 5.74) is 5.85. The Kier molecular flexibility index (Phi) is 4.19. The summed E-state index contributed by atoms with van der Waals surface area (Å²) in [5, 5.41) is 0. The first-order valence-corrected chi connectivity index (χ1v) is 4.07. The second-order valence-corrected chi connectivity index (χ2v) is 2.31. The van der Waals surface area contributed by atoms with Gasteiger partial charge in [-0.15, -0.1) is 0 Å². The minimum absolute atomic E-state index is 0.484. The van der Waals surface area contributed by atoms with Gasteiger partial charge in [0.2, 0.25) is 0 Å². The molecule has 3 nitrogen and oxygen atoms in total. The molecule has 0 saturated heterocycles. The van der Waals surface area contributed by atoms with Gasteiger partial charge in [0.25, 0.3) is 0 Å². The molecule has 0 unspecified atom stereocenters. The molecule has 0 fully saturated rings. The van der Waals surface area contributed by atoms with E-state index in [1.807, 2.05) is 37.3 Å². The summed E-state index contributed by atoms with van der Waals surface area (Å²) in [6, 6.07) is 9.71. The van der Waals surface area contributed by atoms with E-state index in [1.54, 1.807) is 0 Å². The lowest BCUT2D eigenvalue weighted by Gasteiger charge is -2.06. The Morgan fingerprint density at radius 3 is 2.58 bits per heavy atom. The Labute approximate surface area is 72.7 Å². The number of rotatable bonds is 5. The van der Waals surface area contributed by atoms with Gasteiger partial charge < -0.3 is 4.74 Å². The van der Waals surface area contributed by atoms with Crippen LogP contribution in [0.25, 0.3) is 0 Å². The van der Waals surface area contributed by atoms with Crippen molar-refractivity contribution in [2.24, 2.45) is 0 Å². The summed E-state index contributed by atoms with van der Waals surface area (Å²) in [7, 11) is 0. The van der Waals surface area contributed by atoms with Crippen molar-refractivity contribution < 1.29 is 4.74 Å². The fourth-order valence-corrected chi connectivity index (χ4v) is 0.812. The van der Waals surface area contributed by atoms with Crippen LogP contribution in [0.1, 0.15) is 6.92 Å². The van der Waals surface area contributed by atoms with Crippen molar-refractivity contribution >= 4 is 0 Å². The maximum Gasteiger partial charge on any atom is 0.151 e. The Morgan fingerprint density at radius 1 is 1.17 bits per heavy atom. The molecule has 0 spiro atoms. The van der Waals surface area contributed by atoms with Gasteiger partial charge >= 0.3 is 0 Å². The van der Waals surface area contributed by atoms with E-state index in [4.69, 9.17) is 4.74 Å². The first-order chi connectivity index (χ1) is 5.93. The molecule has 1 rings (SSSR count). The molecule has 1 aromatic rings. The minimum atomic E-state index is 0.484. The molecule has 12 heavy (non-hydrogen) atoms. The molecule has 0 amide bonds. The highest BCUT2D eigenvalue weighted by atomic mass is 16.5. The van der Waals surface area contributed by atoms with Gasteiger partial charge in [0.05, 0.1) is 0 Å². The lowest BCUT2D eigenvalue weighted by Crippen LogP contribution is -2.34. The van der Waals surface area contributed by atoms with Crippen LogP contribution in [0.15, 0.2) is 30.3 Å². The maximum atomic E-state index is 5.33. The standard InChI is InChI=1S/C9H14N2O/c1-2-10-11-8-12-9-6-4-3-5-7-9/h3-7,10-11H,2,8H2,1H3. The Balaban J connectivity index is 2.16. The average molecular weight is 166 g/mol. The largest absolute Gasteiger partial charge is 0.477 e. The second-order valence-electron chi connectivity index (χ2n) is 2.31. The van der Waals surface area contributed by atoms with E-state index in [-0.39, 0.29) is 0 Å². The van der Waals surface area contributed by atoms with E-state index in [0.717, 1.165) is 12.3 Å². The van der Waals surface area contributed by atoms with Gasteiger partial charge in [-0.1, -0.05) is 25.1 Å². The highest BCUT2D eigenvalue weighted by Gasteiger charge is 1.87. The predicted octanol–water partition coefficient (Wildman–Crippen LogP) is 1.14. The summed E-state index contributed by atoms with van der Waals surface area (Å²) in [5.74, 6) is 0.878. The van der Waals surface area contributed by atoms with Crippen molar-refractivity contribution in [3.8, 4) is 5.75 Å². The second kappa shape index (κ2) is 5.57. The van der Waals surface area contributed by atoms with Crippen molar-refractivity contribution in [3.63, 3.8) is 0 Å². The van der Waals surface area contributed by atoms with Crippen molar-refractivity contribution in [3.05, 3.63) is 30.3 Å². The molecule has 0 heterocycles. The highest BCUT2D eigenvalue weighted by molar-refractivity contribution is 5.20. The molecule has 0 atom stereocenters. The topological polar surface area (TPSA) is 33.3 Å². The Morgan fingerprint density at radius 2 is 1.92 bits per heavy atom. The summed E-state index contributed by atoms with van der Waals surface area (Å²) in [4.78, 5) is 0. The highest BCUT2D eigenvalue weighted by Crippen LogP contribution is 2.06. The number of hydrazine groups is 1. The fraction of sp³-hybridized carbons (Fsp3) is 0.333. The molecule has 0 aromatic heterocycles. The molecule has 0 bridgehead atoms. The monoisotopic (exact) mass is 166 g/mol. The van der Waals surface area contributed by atoms with E-state index < -0.39 is 0 Å². The number of hydrogen-bond acceptors (Lipinski definition) is 3. The van der Waals surface area contributed by atoms with Crippen LogP contribution in [-0.4, -0.2) is 13.3 Å². The minimum Gasteiger partial charge on any atom is -0.477 e. The van der Waals surface area contributed by atoms with Crippen molar-refractivity contribution in [2.75, 3.05) is 13.3 Å². The molecule has 0 aliphatic heterocycles. The van der Waals surface area contributed by atoms with Gasteiger partial charge in [0.1, 0.15) is 5.75 Å². The summed E-state index contributed by atoms with van der Waals surface area (Å²) in [6.45, 7) is 3.39. The van der Waals surface area contributed by atoms with Crippen LogP contribution in [-0.2, 0) is 0 Å². The molecule has 1 aromatic carbocycles. The van der Waals surface area contributed by atoms with Crippen LogP contribution in [0, 0.1) is 0 Å². The summed E-state index contributed by atoms with van der Waals surface area (Å²) < 4.78 is 5.33. The van der Waals surface area contributed by atoms with Crippen LogP contribution in [0.3, 0.4) is 0 Å². The predicted molar refractivity (Wildman–Crippen MR) is 48.7 cm³/mol. The van der Waals surface area contributed by atoms with Crippen LogP contribution >= 0.6 is 0 Å². The lowest BCUT2D eigenvalue weighted by molar-refractivity contribution is 0.262. The number of ether oxygens (including phenoxy) is 1. The van der Waals surface area contributed by atoms with E-state index >= 15 is 0 Å². The zero-order chi connectivity index (χ0) is 8.65. The van der Waals surface area contributed by atoms with Gasteiger partial charge in [-0.3, -0.25) is 5.43 Å². The SMILES string of the molecule is CCNNCOc1ccccc1. The molecular weight excluding hydrogens is 152 g/mol. The van der Waals surface area contributed by atoms with E-state index in [2.05, 4.69) is 10.9 Å². The maximum absolute atomic E-state index is 5.33. The first-order valence-electron chi connectivity index (χ1n) is 4.07. The molecule has 0 aliphatic carbocycles. The number of nitrogens with one attached hydrogen (secondary N) is 2. The molecule has 0 radical (unpaired) electrons. The van der Waals surface area contributed by atoms with Crippen molar-refractivity contribution in [1.29, 1.82) is 0 Å². The third-order valence-corrected chi connectivity index (χ3v) is 1.36. The quantitative estimate of drug-likeness (QED) is 0.391. The smallest absolute Gasteiger partial charge is 0.151 e. The zero-order valence-corrected chi connectivity index (χ0v) is 7.21. The number of hydrogen-bond donors (Lipinski definition) is 2. The van der Waals surface area contributed by atoms with E-state index in [9.17, 15) is 0 Å². The van der Waals surface area contributed by atoms with Crippen molar-refractivity contribution in [2.45, 2.75) is 6.92 Å². The van der Waals surface area contributed by atoms with Crippen LogP contribution < -0.4 is 15.6 Å². The lowest BCUT2D eigenvalue weighted by atomic mass is 10.3.